The summed E-state index contributed by atoms with van der Waals surface area (Å²) < 4.78 is 1.15. The molecule has 23 heavy (non-hydrogen) atoms. The number of nitrogens with one attached hydrogen (secondary N) is 2. The molecular formula is C15H24BrIN4OS. The highest BCUT2D eigenvalue weighted by Crippen LogP contribution is 2.22. The lowest BCUT2D eigenvalue weighted by Gasteiger charge is -2.34. The van der Waals surface area contributed by atoms with Gasteiger partial charge in [0.2, 0.25) is 5.91 Å². The van der Waals surface area contributed by atoms with E-state index >= 15 is 0 Å². The molecule has 5 nitrogen and oxygen atoms in total. The predicted octanol–water partition coefficient (Wildman–Crippen LogP) is 3.05. The zero-order valence-corrected chi connectivity index (χ0v) is 18.2. The van der Waals surface area contributed by atoms with Gasteiger partial charge in [0.05, 0.1) is 10.3 Å². The van der Waals surface area contributed by atoms with E-state index in [0.29, 0.717) is 12.3 Å². The molecule has 0 atom stereocenters. The van der Waals surface area contributed by atoms with Crippen LogP contribution in [-0.2, 0) is 11.3 Å². The number of piperidine rings is 1. The summed E-state index contributed by atoms with van der Waals surface area (Å²) in [6.45, 7) is 2.70. The van der Waals surface area contributed by atoms with Crippen molar-refractivity contribution in [2.45, 2.75) is 25.8 Å². The summed E-state index contributed by atoms with van der Waals surface area (Å²) >= 11 is 5.22. The molecule has 1 aromatic heterocycles. The van der Waals surface area contributed by atoms with Crippen LogP contribution in [0.2, 0.25) is 0 Å². The molecule has 1 amide bonds. The summed E-state index contributed by atoms with van der Waals surface area (Å²) in [5, 5.41) is 6.13. The highest BCUT2D eigenvalue weighted by molar-refractivity contribution is 14.0. The van der Waals surface area contributed by atoms with Crippen molar-refractivity contribution in [1.82, 2.24) is 15.5 Å². The number of likely N-dealkylation sites (tertiary alicyclic amines) is 1. The van der Waals surface area contributed by atoms with Crippen LogP contribution in [-0.4, -0.2) is 44.0 Å². The fraction of sp³-hybridized carbons (Fsp3) is 0.600. The van der Waals surface area contributed by atoms with Crippen molar-refractivity contribution < 1.29 is 4.79 Å². The van der Waals surface area contributed by atoms with Crippen LogP contribution in [0.4, 0.5) is 0 Å². The third-order valence-corrected chi connectivity index (χ3v) is 5.55. The first-order chi connectivity index (χ1) is 10.6. The van der Waals surface area contributed by atoms with E-state index in [-0.39, 0.29) is 29.9 Å². The van der Waals surface area contributed by atoms with Crippen LogP contribution < -0.4 is 10.6 Å². The molecule has 0 unspecified atom stereocenters. The molecule has 1 aliphatic rings. The fourth-order valence-electron chi connectivity index (χ4n) is 2.66. The minimum atomic E-state index is 0. The molecule has 0 bridgehead atoms. The first-order valence-corrected chi connectivity index (χ1v) is 9.13. The third kappa shape index (κ3) is 6.58. The second-order valence-electron chi connectivity index (χ2n) is 5.41. The fourth-order valence-corrected chi connectivity index (χ4v) is 4.08. The maximum atomic E-state index is 11.4. The standard InChI is InChI=1S/C15H23BrN4OS.HI/c1-17-14(21)9-11-5-7-20(8-6-11)15(18-2)19-10-12-3-4-13(16)22-12;/h3-4,11H,5-10H2,1-2H3,(H,17,21)(H,18,19);1H. The Morgan fingerprint density at radius 1 is 1.43 bits per heavy atom. The van der Waals surface area contributed by atoms with Gasteiger partial charge in [0.1, 0.15) is 0 Å². The Kier molecular flexibility index (Phi) is 9.45. The van der Waals surface area contributed by atoms with E-state index in [2.05, 4.69) is 48.6 Å². The highest BCUT2D eigenvalue weighted by Gasteiger charge is 2.22. The minimum Gasteiger partial charge on any atom is -0.359 e. The molecule has 0 aliphatic carbocycles. The van der Waals surface area contributed by atoms with Crippen molar-refractivity contribution in [3.63, 3.8) is 0 Å². The number of hydrogen-bond donors (Lipinski definition) is 2. The monoisotopic (exact) mass is 514 g/mol. The summed E-state index contributed by atoms with van der Waals surface area (Å²) in [5.41, 5.74) is 0. The molecule has 2 heterocycles. The average Bonchev–Trinajstić information content (AvgIpc) is 2.95. The zero-order valence-electron chi connectivity index (χ0n) is 13.5. The molecular weight excluding hydrogens is 491 g/mol. The second kappa shape index (κ2) is 10.5. The van der Waals surface area contributed by atoms with Crippen LogP contribution in [0, 0.1) is 5.92 Å². The van der Waals surface area contributed by atoms with Gasteiger partial charge in [-0.2, -0.15) is 0 Å². The molecule has 2 N–H and O–H groups in total. The Morgan fingerprint density at radius 3 is 2.65 bits per heavy atom. The molecule has 1 aliphatic heterocycles. The molecule has 130 valence electrons. The quantitative estimate of drug-likeness (QED) is 0.369. The van der Waals surface area contributed by atoms with Crippen LogP contribution in [0.15, 0.2) is 20.9 Å². The zero-order chi connectivity index (χ0) is 15.9. The Morgan fingerprint density at radius 2 is 2.13 bits per heavy atom. The Labute approximate surface area is 167 Å². The second-order valence-corrected chi connectivity index (χ2v) is 7.96. The van der Waals surface area contributed by atoms with E-state index in [1.165, 1.54) is 4.88 Å². The molecule has 0 spiro atoms. The van der Waals surface area contributed by atoms with Crippen molar-refractivity contribution in [3.8, 4) is 0 Å². The van der Waals surface area contributed by atoms with Crippen molar-refractivity contribution in [2.24, 2.45) is 10.9 Å². The van der Waals surface area contributed by atoms with Crippen LogP contribution in [0.5, 0.6) is 0 Å². The van der Waals surface area contributed by atoms with Crippen molar-refractivity contribution in [1.29, 1.82) is 0 Å². The molecule has 0 radical (unpaired) electrons. The van der Waals surface area contributed by atoms with E-state index in [1.54, 1.807) is 18.4 Å². The summed E-state index contributed by atoms with van der Waals surface area (Å²) in [6, 6.07) is 4.18. The van der Waals surface area contributed by atoms with Crippen LogP contribution in [0.3, 0.4) is 0 Å². The maximum Gasteiger partial charge on any atom is 0.220 e. The minimum absolute atomic E-state index is 0. The Hall–Kier alpha value is -0.350. The Balaban J connectivity index is 0.00000264. The Bertz CT molecular complexity index is 529. The number of aliphatic imine (C=N–C) groups is 1. The lowest BCUT2D eigenvalue weighted by molar-refractivity contribution is -0.121. The number of carbonyl (C=O) groups excluding carboxylic acids is 1. The van der Waals surface area contributed by atoms with Crippen molar-refractivity contribution in [3.05, 3.63) is 20.8 Å². The third-order valence-electron chi connectivity index (χ3n) is 3.93. The smallest absolute Gasteiger partial charge is 0.220 e. The predicted molar refractivity (Wildman–Crippen MR) is 111 cm³/mol. The number of carbonyl (C=O) groups is 1. The van der Waals surface area contributed by atoms with E-state index in [4.69, 9.17) is 0 Å². The van der Waals surface area contributed by atoms with Gasteiger partial charge in [-0.1, -0.05) is 0 Å². The molecule has 0 aromatic carbocycles. The number of guanidine groups is 1. The van der Waals surface area contributed by atoms with Gasteiger partial charge in [-0.15, -0.1) is 35.3 Å². The SMILES string of the molecule is CN=C(NCc1ccc(Br)s1)N1CCC(CC(=O)NC)CC1.I. The van der Waals surface area contributed by atoms with E-state index < -0.39 is 0 Å². The van der Waals surface area contributed by atoms with Crippen LogP contribution in [0.1, 0.15) is 24.1 Å². The molecule has 1 fully saturated rings. The molecule has 1 saturated heterocycles. The molecule has 8 heteroatoms. The van der Waals surface area contributed by atoms with E-state index in [1.807, 2.05) is 7.05 Å². The first kappa shape index (κ1) is 20.7. The summed E-state index contributed by atoms with van der Waals surface area (Å²) in [6.07, 6.45) is 2.72. The van der Waals surface area contributed by atoms with Gasteiger partial charge in [0, 0.05) is 38.5 Å². The van der Waals surface area contributed by atoms with E-state index in [9.17, 15) is 4.79 Å². The van der Waals surface area contributed by atoms with Crippen molar-refractivity contribution >= 4 is 63.1 Å². The van der Waals surface area contributed by atoms with Gasteiger partial charge < -0.3 is 15.5 Å². The number of halogens is 2. The largest absolute Gasteiger partial charge is 0.359 e. The number of amides is 1. The first-order valence-electron chi connectivity index (χ1n) is 7.52. The number of rotatable bonds is 4. The lowest BCUT2D eigenvalue weighted by atomic mass is 9.93. The normalized spacial score (nSPS) is 16.0. The highest BCUT2D eigenvalue weighted by atomic mass is 127. The van der Waals surface area contributed by atoms with E-state index in [0.717, 1.165) is 42.2 Å². The topological polar surface area (TPSA) is 56.7 Å². The number of nitrogens with zero attached hydrogens (tertiary/aromatic N) is 2. The van der Waals surface area contributed by atoms with Gasteiger partial charge in [-0.25, -0.2) is 0 Å². The van der Waals surface area contributed by atoms with Gasteiger partial charge in [-0.3, -0.25) is 9.79 Å². The summed E-state index contributed by atoms with van der Waals surface area (Å²) in [5.74, 6) is 1.58. The van der Waals surface area contributed by atoms with Crippen molar-refractivity contribution in [2.75, 3.05) is 27.2 Å². The summed E-state index contributed by atoms with van der Waals surface area (Å²) in [4.78, 5) is 19.4. The lowest BCUT2D eigenvalue weighted by Crippen LogP contribution is -2.45. The molecule has 2 rings (SSSR count). The van der Waals surface area contributed by atoms with Gasteiger partial charge >= 0.3 is 0 Å². The number of hydrogen-bond acceptors (Lipinski definition) is 3. The van der Waals surface area contributed by atoms with Crippen LogP contribution >= 0.6 is 51.2 Å². The average molecular weight is 515 g/mol. The number of thiophene rings is 1. The molecule has 0 saturated carbocycles. The van der Waals surface area contributed by atoms with Gasteiger partial charge in [0.15, 0.2) is 5.96 Å². The van der Waals surface area contributed by atoms with Gasteiger partial charge in [-0.05, 0) is 46.8 Å². The summed E-state index contributed by atoms with van der Waals surface area (Å²) in [7, 11) is 3.52. The molecule has 1 aromatic rings. The maximum absolute atomic E-state index is 11.4. The van der Waals surface area contributed by atoms with Crippen LogP contribution in [0.25, 0.3) is 0 Å². The van der Waals surface area contributed by atoms with Gasteiger partial charge in [0.25, 0.3) is 0 Å².